The van der Waals surface area contributed by atoms with Crippen LogP contribution < -0.4 is 10.6 Å². The molecule has 27 heavy (non-hydrogen) atoms. The van der Waals surface area contributed by atoms with Gasteiger partial charge in [0.15, 0.2) is 11.4 Å². The predicted octanol–water partition coefficient (Wildman–Crippen LogP) is 2.24. The Kier molecular flexibility index (Phi) is 6.20. The van der Waals surface area contributed by atoms with E-state index < -0.39 is 0 Å². The van der Waals surface area contributed by atoms with Gasteiger partial charge < -0.3 is 19.8 Å². The van der Waals surface area contributed by atoms with Gasteiger partial charge >= 0.3 is 0 Å². The molecule has 0 aliphatic rings. The second kappa shape index (κ2) is 8.79. The van der Waals surface area contributed by atoms with Gasteiger partial charge in [-0.3, -0.25) is 4.79 Å². The Morgan fingerprint density at radius 3 is 2.89 bits per heavy atom. The highest BCUT2D eigenvalue weighted by molar-refractivity contribution is 6.06. The fourth-order valence-electron chi connectivity index (χ4n) is 2.79. The van der Waals surface area contributed by atoms with Gasteiger partial charge in [-0.05, 0) is 32.0 Å². The first-order chi connectivity index (χ1) is 13.1. The second-order valence-corrected chi connectivity index (χ2v) is 6.45. The molecule has 0 unspecified atom stereocenters. The number of carbonyl (C=O) groups is 1. The lowest BCUT2D eigenvalue weighted by molar-refractivity contribution is 0.0955. The molecular formula is C19H25N5O3. The van der Waals surface area contributed by atoms with Gasteiger partial charge in [-0.1, -0.05) is 0 Å². The molecule has 0 fully saturated rings. The molecule has 8 heteroatoms. The van der Waals surface area contributed by atoms with Gasteiger partial charge in [-0.2, -0.15) is 5.10 Å². The van der Waals surface area contributed by atoms with E-state index >= 15 is 0 Å². The number of methoxy groups -OCH3 is 1. The van der Waals surface area contributed by atoms with E-state index in [0.29, 0.717) is 42.4 Å². The lowest BCUT2D eigenvalue weighted by atomic mass is 10.1. The van der Waals surface area contributed by atoms with E-state index in [1.807, 2.05) is 24.6 Å². The fraction of sp³-hybridized carbons (Fsp3) is 0.421. The number of amides is 1. The van der Waals surface area contributed by atoms with Crippen LogP contribution in [0.3, 0.4) is 0 Å². The largest absolute Gasteiger partial charge is 0.463 e. The minimum Gasteiger partial charge on any atom is -0.463 e. The summed E-state index contributed by atoms with van der Waals surface area (Å²) in [7, 11) is 1.66. The minimum atomic E-state index is -0.160. The SMILES string of the molecule is COCCNCCNC(=O)c1cc(-c2ccco2)nc2c1cnn2C(C)C. The Bertz CT molecular complexity index is 886. The van der Waals surface area contributed by atoms with E-state index in [9.17, 15) is 4.79 Å². The first-order valence-electron chi connectivity index (χ1n) is 9.01. The van der Waals surface area contributed by atoms with Crippen molar-refractivity contribution in [3.8, 4) is 11.5 Å². The number of carbonyl (C=O) groups excluding carboxylic acids is 1. The Morgan fingerprint density at radius 1 is 1.33 bits per heavy atom. The maximum Gasteiger partial charge on any atom is 0.252 e. The van der Waals surface area contributed by atoms with Crippen LogP contribution in [-0.4, -0.2) is 54.0 Å². The number of aromatic nitrogens is 3. The van der Waals surface area contributed by atoms with Gasteiger partial charge in [-0.25, -0.2) is 9.67 Å². The van der Waals surface area contributed by atoms with Crippen molar-refractivity contribution in [2.45, 2.75) is 19.9 Å². The molecule has 144 valence electrons. The van der Waals surface area contributed by atoms with Crippen LogP contribution in [0.2, 0.25) is 0 Å². The molecule has 3 aromatic heterocycles. The maximum atomic E-state index is 12.8. The zero-order valence-electron chi connectivity index (χ0n) is 15.9. The standard InChI is InChI=1S/C19H25N5O3/c1-13(2)24-18-15(12-22-24)14(11-16(23-18)17-5-4-9-27-17)19(25)21-7-6-20-8-10-26-3/h4-5,9,11-13,20H,6-8,10H2,1-3H3,(H,21,25). The van der Waals surface area contributed by atoms with Crippen LogP contribution in [-0.2, 0) is 4.74 Å². The van der Waals surface area contributed by atoms with Crippen molar-refractivity contribution < 1.29 is 13.9 Å². The summed E-state index contributed by atoms with van der Waals surface area (Å²) >= 11 is 0. The van der Waals surface area contributed by atoms with E-state index in [-0.39, 0.29) is 11.9 Å². The molecule has 3 rings (SSSR count). The molecule has 0 saturated heterocycles. The third-order valence-electron chi connectivity index (χ3n) is 4.14. The highest BCUT2D eigenvalue weighted by Gasteiger charge is 2.19. The number of nitrogens with zero attached hydrogens (tertiary/aromatic N) is 3. The van der Waals surface area contributed by atoms with Crippen LogP contribution in [0.5, 0.6) is 0 Å². The molecule has 3 heterocycles. The molecule has 3 aromatic rings. The van der Waals surface area contributed by atoms with Crippen molar-refractivity contribution in [3.05, 3.63) is 36.2 Å². The van der Waals surface area contributed by atoms with Crippen LogP contribution in [0.4, 0.5) is 0 Å². The number of ether oxygens (including phenoxy) is 1. The van der Waals surface area contributed by atoms with E-state index in [4.69, 9.17) is 9.15 Å². The molecule has 0 spiro atoms. The molecule has 0 radical (unpaired) electrons. The lowest BCUT2D eigenvalue weighted by Gasteiger charge is -2.10. The zero-order valence-corrected chi connectivity index (χ0v) is 15.9. The van der Waals surface area contributed by atoms with Crippen LogP contribution in [0.15, 0.2) is 35.1 Å². The fourth-order valence-corrected chi connectivity index (χ4v) is 2.79. The number of furan rings is 1. The number of nitrogens with one attached hydrogen (secondary N) is 2. The molecule has 0 aromatic carbocycles. The number of rotatable bonds is 9. The summed E-state index contributed by atoms with van der Waals surface area (Å²) in [5, 5.41) is 11.3. The number of hydrogen-bond acceptors (Lipinski definition) is 6. The summed E-state index contributed by atoms with van der Waals surface area (Å²) in [6.45, 7) is 6.62. The molecule has 0 aliphatic carbocycles. The summed E-state index contributed by atoms with van der Waals surface area (Å²) in [6.07, 6.45) is 3.28. The van der Waals surface area contributed by atoms with Gasteiger partial charge in [0.1, 0.15) is 5.69 Å². The number of fused-ring (bicyclic) bond motifs is 1. The Morgan fingerprint density at radius 2 is 2.19 bits per heavy atom. The van der Waals surface area contributed by atoms with Gasteiger partial charge in [0, 0.05) is 32.8 Å². The average Bonchev–Trinajstić information content (AvgIpc) is 3.33. The Balaban J connectivity index is 1.86. The highest BCUT2D eigenvalue weighted by atomic mass is 16.5. The lowest BCUT2D eigenvalue weighted by Crippen LogP contribution is -2.33. The number of hydrogen-bond donors (Lipinski definition) is 2. The topological polar surface area (TPSA) is 94.2 Å². The average molecular weight is 371 g/mol. The second-order valence-electron chi connectivity index (χ2n) is 6.45. The number of pyridine rings is 1. The molecule has 0 bridgehead atoms. The summed E-state index contributed by atoms with van der Waals surface area (Å²) in [4.78, 5) is 17.5. The molecule has 2 N–H and O–H groups in total. The molecular weight excluding hydrogens is 346 g/mol. The molecule has 1 amide bonds. The maximum absolute atomic E-state index is 12.8. The first-order valence-corrected chi connectivity index (χ1v) is 9.01. The predicted molar refractivity (Wildman–Crippen MR) is 103 cm³/mol. The monoisotopic (exact) mass is 371 g/mol. The normalized spacial score (nSPS) is 11.4. The summed E-state index contributed by atoms with van der Waals surface area (Å²) in [6, 6.07) is 5.50. The quantitative estimate of drug-likeness (QED) is 0.560. The first kappa shape index (κ1) is 19.1. The van der Waals surface area contributed by atoms with Crippen molar-refractivity contribution in [2.75, 3.05) is 33.4 Å². The van der Waals surface area contributed by atoms with Crippen LogP contribution in [0.25, 0.3) is 22.5 Å². The van der Waals surface area contributed by atoms with Crippen molar-refractivity contribution in [1.82, 2.24) is 25.4 Å². The summed E-state index contributed by atoms with van der Waals surface area (Å²) < 4.78 is 12.3. The van der Waals surface area contributed by atoms with E-state index in [1.165, 1.54) is 0 Å². The summed E-state index contributed by atoms with van der Waals surface area (Å²) in [5.74, 6) is 0.454. The van der Waals surface area contributed by atoms with Crippen LogP contribution >= 0.6 is 0 Å². The van der Waals surface area contributed by atoms with Crippen molar-refractivity contribution in [2.24, 2.45) is 0 Å². The van der Waals surface area contributed by atoms with Gasteiger partial charge in [-0.15, -0.1) is 0 Å². The smallest absolute Gasteiger partial charge is 0.252 e. The van der Waals surface area contributed by atoms with Crippen molar-refractivity contribution >= 4 is 16.9 Å². The third kappa shape index (κ3) is 4.35. The van der Waals surface area contributed by atoms with E-state index in [0.717, 1.165) is 11.9 Å². The summed E-state index contributed by atoms with van der Waals surface area (Å²) in [5.41, 5.74) is 1.82. The molecule has 0 aliphatic heterocycles. The van der Waals surface area contributed by atoms with Crippen molar-refractivity contribution in [1.29, 1.82) is 0 Å². The molecule has 8 nitrogen and oxygen atoms in total. The minimum absolute atomic E-state index is 0.128. The van der Waals surface area contributed by atoms with Crippen molar-refractivity contribution in [3.63, 3.8) is 0 Å². The third-order valence-corrected chi connectivity index (χ3v) is 4.14. The van der Waals surface area contributed by atoms with E-state index in [2.05, 4.69) is 20.7 Å². The Labute approximate surface area is 157 Å². The van der Waals surface area contributed by atoms with Gasteiger partial charge in [0.2, 0.25) is 0 Å². The van der Waals surface area contributed by atoms with Gasteiger partial charge in [0.05, 0.1) is 30.0 Å². The van der Waals surface area contributed by atoms with Crippen LogP contribution in [0.1, 0.15) is 30.2 Å². The van der Waals surface area contributed by atoms with Gasteiger partial charge in [0.25, 0.3) is 5.91 Å². The zero-order chi connectivity index (χ0) is 19.2. The highest BCUT2D eigenvalue weighted by Crippen LogP contribution is 2.26. The Hall–Kier alpha value is -2.71. The van der Waals surface area contributed by atoms with E-state index in [1.54, 1.807) is 31.7 Å². The molecule has 0 saturated carbocycles. The van der Waals surface area contributed by atoms with Crippen LogP contribution in [0, 0.1) is 0 Å². The molecule has 0 atom stereocenters.